The quantitative estimate of drug-likeness (QED) is 0.163. The van der Waals surface area contributed by atoms with Crippen LogP contribution in [-0.4, -0.2) is 90.3 Å². The highest BCUT2D eigenvalue weighted by Gasteiger charge is 2.54. The van der Waals surface area contributed by atoms with Crippen molar-refractivity contribution in [3.05, 3.63) is 17.1 Å². The number of nitrogens with two attached hydrogens (primary N) is 1. The maximum atomic E-state index is 12.5. The van der Waals surface area contributed by atoms with Crippen molar-refractivity contribution in [2.24, 2.45) is 5.16 Å². The number of nitrogens with one attached hydrogen (secondary N) is 1. The lowest BCUT2D eigenvalue weighted by molar-refractivity contribution is -0.192. The summed E-state index contributed by atoms with van der Waals surface area (Å²) in [4.78, 5) is 55.0. The molecule has 2 atom stereocenters. The van der Waals surface area contributed by atoms with Gasteiger partial charge in [0.05, 0.1) is 0 Å². The van der Waals surface area contributed by atoms with Crippen LogP contribution in [0.15, 0.2) is 16.4 Å². The van der Waals surface area contributed by atoms with E-state index in [0.29, 0.717) is 11.3 Å². The smallest absolute Gasteiger partial charge is 0.477 e. The van der Waals surface area contributed by atoms with E-state index in [1.54, 1.807) is 0 Å². The van der Waals surface area contributed by atoms with Crippen LogP contribution in [0.1, 0.15) is 5.82 Å². The average molecular weight is 547 g/mol. The molecular formula is C15H14ClF3N6O7S2. The molecule has 0 aliphatic carbocycles. The topological polar surface area (TPSA) is 197 Å². The Hall–Kier alpha value is -3.12. The molecule has 19 heteroatoms. The molecule has 2 aliphatic rings. The van der Waals surface area contributed by atoms with E-state index in [0.717, 1.165) is 16.4 Å². The zero-order valence-electron chi connectivity index (χ0n) is 16.7. The molecule has 0 unspecified atom stereocenters. The van der Waals surface area contributed by atoms with E-state index < -0.39 is 41.3 Å². The Labute approximate surface area is 200 Å². The molecule has 3 heterocycles. The van der Waals surface area contributed by atoms with Crippen LogP contribution in [0.5, 0.6) is 0 Å². The number of halogens is 4. The van der Waals surface area contributed by atoms with Crippen LogP contribution in [0.25, 0.3) is 0 Å². The Morgan fingerprint density at radius 1 is 1.38 bits per heavy atom. The minimum atomic E-state index is -5.08. The van der Waals surface area contributed by atoms with Gasteiger partial charge in [0.2, 0.25) is 11.5 Å². The number of aromatic nitrogens is 2. The highest BCUT2D eigenvalue weighted by atomic mass is 35.5. The Balaban J connectivity index is 0.000000509. The molecule has 0 spiro atoms. The number of carbonyl (C=O) groups excluding carboxylic acids is 2. The second-order valence-electron chi connectivity index (χ2n) is 6.13. The summed E-state index contributed by atoms with van der Waals surface area (Å²) in [6, 6.07) is -0.924. The molecule has 1 saturated heterocycles. The predicted molar refractivity (Wildman–Crippen MR) is 112 cm³/mol. The van der Waals surface area contributed by atoms with Crippen molar-refractivity contribution in [1.82, 2.24) is 19.6 Å². The van der Waals surface area contributed by atoms with Crippen LogP contribution in [0.2, 0.25) is 0 Å². The summed E-state index contributed by atoms with van der Waals surface area (Å²) in [6.07, 6.45) is -5.08. The van der Waals surface area contributed by atoms with E-state index in [1.165, 1.54) is 18.9 Å². The summed E-state index contributed by atoms with van der Waals surface area (Å²) in [5.41, 5.74) is 5.59. The number of hydrogen-bond acceptors (Lipinski definition) is 11. The SMILES string of the molecule is CO/N=C(\C(=O)N[C@@H]1C(=O)N2C(C(=O)O)=C(CCl)CS[C@H]12)c1nsc(N)n1.O=C(O)C(F)(F)F. The Bertz CT molecular complexity index is 1060. The maximum absolute atomic E-state index is 12.5. The third-order valence-corrected chi connectivity index (χ3v) is 6.20. The fraction of sp³-hybridized carbons (Fsp3) is 0.400. The lowest BCUT2D eigenvalue weighted by atomic mass is 10.0. The molecule has 0 radical (unpaired) electrons. The fourth-order valence-corrected chi connectivity index (χ4v) is 4.72. The van der Waals surface area contributed by atoms with Gasteiger partial charge in [-0.05, 0) is 5.57 Å². The van der Waals surface area contributed by atoms with Gasteiger partial charge in [-0.2, -0.15) is 22.5 Å². The van der Waals surface area contributed by atoms with Gasteiger partial charge in [0.25, 0.3) is 11.8 Å². The van der Waals surface area contributed by atoms with Gasteiger partial charge in [-0.3, -0.25) is 14.5 Å². The standard InChI is InChI=1S/C13H13ClN6O5S2.C2HF3O2/c1-25-18-5(8-17-13(15)27-19-8)9(21)16-6-10(22)20-7(12(23)24)4(2-14)3-26-11(6)20;3-2(4,5)1(6)7/h6,11H,2-3H2,1H3,(H,16,21)(H,23,24)(H2,15,17,19);(H,6,7)/b18-5-;/t6-,11-;/m1./s1. The van der Waals surface area contributed by atoms with Gasteiger partial charge >= 0.3 is 18.1 Å². The van der Waals surface area contributed by atoms with Gasteiger partial charge < -0.3 is 26.1 Å². The van der Waals surface area contributed by atoms with Crippen molar-refractivity contribution in [2.45, 2.75) is 17.6 Å². The van der Waals surface area contributed by atoms with Crippen LogP contribution in [0.3, 0.4) is 0 Å². The maximum Gasteiger partial charge on any atom is 0.490 e. The second kappa shape index (κ2) is 10.9. The number of fused-ring (bicyclic) bond motifs is 1. The Kier molecular flexibility index (Phi) is 8.67. The van der Waals surface area contributed by atoms with Crippen LogP contribution in [-0.2, 0) is 24.0 Å². The van der Waals surface area contributed by atoms with Crippen LogP contribution in [0.4, 0.5) is 18.3 Å². The van der Waals surface area contributed by atoms with Crippen molar-refractivity contribution in [3.63, 3.8) is 0 Å². The van der Waals surface area contributed by atoms with E-state index in [4.69, 9.17) is 27.2 Å². The summed E-state index contributed by atoms with van der Waals surface area (Å²) in [6.45, 7) is 0. The third-order valence-electron chi connectivity index (χ3n) is 3.99. The van der Waals surface area contributed by atoms with E-state index in [-0.39, 0.29) is 28.2 Å². The van der Waals surface area contributed by atoms with E-state index >= 15 is 0 Å². The molecule has 1 fully saturated rings. The number of nitrogen functional groups attached to an aromatic ring is 1. The first-order valence-electron chi connectivity index (χ1n) is 8.61. The molecule has 2 aliphatic heterocycles. The van der Waals surface area contributed by atoms with Gasteiger partial charge in [0, 0.05) is 23.2 Å². The molecule has 3 rings (SSSR count). The van der Waals surface area contributed by atoms with Crippen LogP contribution >= 0.6 is 34.9 Å². The molecular weight excluding hydrogens is 533 g/mol. The molecule has 0 saturated carbocycles. The Morgan fingerprint density at radius 3 is 2.44 bits per heavy atom. The Morgan fingerprint density at radius 2 is 2.00 bits per heavy atom. The number of carboxylic acid groups (broad SMARTS) is 2. The number of aliphatic carboxylic acids is 2. The number of hydrogen-bond donors (Lipinski definition) is 4. The average Bonchev–Trinajstić information content (AvgIpc) is 3.19. The summed E-state index contributed by atoms with van der Waals surface area (Å²) >= 11 is 7.96. The number of oxime groups is 1. The third kappa shape index (κ3) is 5.86. The second-order valence-corrected chi connectivity index (χ2v) is 8.29. The van der Waals surface area contributed by atoms with Crippen molar-refractivity contribution in [1.29, 1.82) is 0 Å². The molecule has 13 nitrogen and oxygen atoms in total. The predicted octanol–water partition coefficient (Wildman–Crippen LogP) is 0.0815. The van der Waals surface area contributed by atoms with Crippen molar-refractivity contribution in [2.75, 3.05) is 24.5 Å². The summed E-state index contributed by atoms with van der Waals surface area (Å²) in [7, 11) is 1.24. The van der Waals surface area contributed by atoms with Gasteiger partial charge in [-0.15, -0.1) is 23.4 Å². The molecule has 0 bridgehead atoms. The van der Waals surface area contributed by atoms with Gasteiger partial charge in [0.15, 0.2) is 5.13 Å². The lowest BCUT2D eigenvalue weighted by Gasteiger charge is -2.49. The number of carbonyl (C=O) groups is 4. The number of β-lactam (4-membered cyclic amide) rings is 1. The lowest BCUT2D eigenvalue weighted by Crippen LogP contribution is -2.71. The fourth-order valence-electron chi connectivity index (χ4n) is 2.60. The van der Waals surface area contributed by atoms with Crippen molar-refractivity contribution in [3.8, 4) is 0 Å². The first kappa shape index (κ1) is 27.1. The normalized spacial score (nSPS) is 20.0. The summed E-state index contributed by atoms with van der Waals surface area (Å²) in [5.74, 6) is -4.98. The molecule has 2 amide bonds. The number of anilines is 1. The first-order chi connectivity index (χ1) is 15.8. The molecule has 0 aromatic carbocycles. The number of carboxylic acids is 2. The minimum Gasteiger partial charge on any atom is -0.477 e. The van der Waals surface area contributed by atoms with E-state index in [9.17, 15) is 32.7 Å². The largest absolute Gasteiger partial charge is 0.490 e. The molecule has 1 aromatic rings. The van der Waals surface area contributed by atoms with Crippen molar-refractivity contribution >= 4 is 69.5 Å². The monoisotopic (exact) mass is 546 g/mol. The molecule has 34 heavy (non-hydrogen) atoms. The minimum absolute atomic E-state index is 0.00369. The number of amides is 2. The number of alkyl halides is 4. The number of nitrogens with zero attached hydrogens (tertiary/aromatic N) is 4. The van der Waals surface area contributed by atoms with E-state index in [1.807, 2.05) is 0 Å². The van der Waals surface area contributed by atoms with Crippen LogP contribution < -0.4 is 11.1 Å². The zero-order chi connectivity index (χ0) is 25.8. The first-order valence-corrected chi connectivity index (χ1v) is 11.0. The van der Waals surface area contributed by atoms with Crippen molar-refractivity contribution < 1.29 is 47.4 Å². The van der Waals surface area contributed by atoms with Gasteiger partial charge in [0.1, 0.15) is 24.2 Å². The van der Waals surface area contributed by atoms with E-state index in [2.05, 4.69) is 24.7 Å². The molecule has 186 valence electrons. The number of rotatable bonds is 6. The van der Waals surface area contributed by atoms with Gasteiger partial charge in [-0.1, -0.05) is 5.16 Å². The summed E-state index contributed by atoms with van der Waals surface area (Å²) < 4.78 is 35.6. The zero-order valence-corrected chi connectivity index (χ0v) is 19.1. The molecule has 5 N–H and O–H groups in total. The summed E-state index contributed by atoms with van der Waals surface area (Å²) in [5, 5.41) is 22.2. The van der Waals surface area contributed by atoms with Gasteiger partial charge in [-0.25, -0.2) is 9.59 Å². The number of thioether (sulfide) groups is 1. The highest BCUT2D eigenvalue weighted by Crippen LogP contribution is 2.40. The van der Waals surface area contributed by atoms with Crippen LogP contribution in [0, 0.1) is 0 Å². The molecule has 1 aromatic heterocycles. The highest BCUT2D eigenvalue weighted by molar-refractivity contribution is 8.00.